The van der Waals surface area contributed by atoms with Crippen LogP contribution in [0.3, 0.4) is 0 Å². The van der Waals surface area contributed by atoms with Crippen LogP contribution >= 0.6 is 15.9 Å². The number of aromatic nitrogens is 2. The molecule has 1 aromatic heterocycles. The lowest BCUT2D eigenvalue weighted by atomic mass is 10.3. The Hall–Kier alpha value is -1.43. The van der Waals surface area contributed by atoms with E-state index in [0.29, 0.717) is 34.3 Å². The first-order chi connectivity index (χ1) is 8.70. The fourth-order valence-corrected chi connectivity index (χ4v) is 2.14. The Morgan fingerprint density at radius 2 is 2.22 bits per heavy atom. The van der Waals surface area contributed by atoms with Crippen molar-refractivity contribution in [1.29, 1.82) is 0 Å². The summed E-state index contributed by atoms with van der Waals surface area (Å²) in [6.07, 6.45) is 2.26. The maximum Gasteiger partial charge on any atom is 0.229 e. The first-order valence-electron chi connectivity index (χ1n) is 5.73. The lowest BCUT2D eigenvalue weighted by Crippen LogP contribution is -2.01. The Morgan fingerprint density at radius 3 is 2.94 bits per heavy atom. The van der Waals surface area contributed by atoms with Crippen molar-refractivity contribution in [1.82, 2.24) is 10.1 Å². The molecule has 1 N–H and O–H groups in total. The molecule has 0 unspecified atom stereocenters. The molecule has 0 saturated heterocycles. The second-order valence-electron chi connectivity index (χ2n) is 4.33. The van der Waals surface area contributed by atoms with Crippen LogP contribution in [-0.4, -0.2) is 10.1 Å². The van der Waals surface area contributed by atoms with Gasteiger partial charge in [0.05, 0.1) is 6.54 Å². The highest BCUT2D eigenvalue weighted by Gasteiger charge is 2.29. The van der Waals surface area contributed by atoms with E-state index >= 15 is 0 Å². The molecule has 3 rings (SSSR count). The Labute approximate surface area is 112 Å². The largest absolute Gasteiger partial charge is 0.377 e. The van der Waals surface area contributed by atoms with Crippen molar-refractivity contribution >= 4 is 21.6 Å². The molecule has 0 aliphatic heterocycles. The van der Waals surface area contributed by atoms with Gasteiger partial charge in [0.2, 0.25) is 5.89 Å². The number of nitrogens with zero attached hydrogens (tertiary/aromatic N) is 2. The van der Waals surface area contributed by atoms with Gasteiger partial charge < -0.3 is 9.84 Å². The molecule has 0 radical (unpaired) electrons. The third kappa shape index (κ3) is 2.69. The summed E-state index contributed by atoms with van der Waals surface area (Å²) in [4.78, 5) is 4.29. The van der Waals surface area contributed by atoms with Crippen molar-refractivity contribution in [2.24, 2.45) is 0 Å². The minimum absolute atomic E-state index is 0.293. The summed E-state index contributed by atoms with van der Waals surface area (Å²) in [5.41, 5.74) is 0.680. The lowest BCUT2D eigenvalue weighted by molar-refractivity contribution is 0.374. The lowest BCUT2D eigenvalue weighted by Gasteiger charge is -2.04. The number of hydrogen-bond acceptors (Lipinski definition) is 4. The van der Waals surface area contributed by atoms with Crippen molar-refractivity contribution in [2.75, 3.05) is 5.32 Å². The minimum atomic E-state index is -0.293. The average Bonchev–Trinajstić information content (AvgIpc) is 3.05. The molecular weight excluding hydrogens is 301 g/mol. The molecule has 0 spiro atoms. The number of halogens is 2. The highest BCUT2D eigenvalue weighted by Crippen LogP contribution is 2.38. The maximum atomic E-state index is 13.2. The summed E-state index contributed by atoms with van der Waals surface area (Å²) >= 11 is 3.24. The zero-order chi connectivity index (χ0) is 12.5. The van der Waals surface area contributed by atoms with E-state index in [1.807, 2.05) is 0 Å². The van der Waals surface area contributed by atoms with E-state index in [1.54, 1.807) is 6.07 Å². The first-order valence-corrected chi connectivity index (χ1v) is 6.52. The number of rotatable bonds is 4. The zero-order valence-electron chi connectivity index (χ0n) is 9.49. The van der Waals surface area contributed by atoms with Gasteiger partial charge in [0, 0.05) is 16.1 Å². The molecule has 1 aliphatic rings. The fourth-order valence-electron chi connectivity index (χ4n) is 1.67. The second kappa shape index (κ2) is 4.68. The van der Waals surface area contributed by atoms with Crippen molar-refractivity contribution in [3.63, 3.8) is 0 Å². The van der Waals surface area contributed by atoms with Crippen LogP contribution in [0, 0.1) is 5.82 Å². The van der Waals surface area contributed by atoms with Gasteiger partial charge in [0.1, 0.15) is 5.82 Å². The van der Waals surface area contributed by atoms with Gasteiger partial charge in [-0.3, -0.25) is 0 Å². The van der Waals surface area contributed by atoms with Crippen LogP contribution in [0.4, 0.5) is 10.1 Å². The van der Waals surface area contributed by atoms with Gasteiger partial charge in [0.15, 0.2) is 5.82 Å². The molecule has 2 aromatic rings. The molecule has 1 aliphatic carbocycles. The van der Waals surface area contributed by atoms with E-state index in [1.165, 1.54) is 12.1 Å². The van der Waals surface area contributed by atoms with Crippen LogP contribution < -0.4 is 5.32 Å². The fraction of sp³-hybridized carbons (Fsp3) is 0.333. The van der Waals surface area contributed by atoms with Crippen LogP contribution in [0.5, 0.6) is 0 Å². The molecule has 1 fully saturated rings. The zero-order valence-corrected chi connectivity index (χ0v) is 11.1. The molecule has 0 atom stereocenters. The SMILES string of the molecule is Fc1cc(Br)cc(NCc2noc(C3CC3)n2)c1. The monoisotopic (exact) mass is 311 g/mol. The molecule has 94 valence electrons. The first kappa shape index (κ1) is 11.6. The number of anilines is 1. The Morgan fingerprint density at radius 1 is 1.39 bits per heavy atom. The highest BCUT2D eigenvalue weighted by molar-refractivity contribution is 9.10. The van der Waals surface area contributed by atoms with Crippen molar-refractivity contribution < 1.29 is 8.91 Å². The summed E-state index contributed by atoms with van der Waals surface area (Å²) in [6.45, 7) is 0.423. The predicted octanol–water partition coefficient (Wildman–Crippen LogP) is 3.46. The van der Waals surface area contributed by atoms with Crippen molar-refractivity contribution in [3.8, 4) is 0 Å². The van der Waals surface area contributed by atoms with E-state index in [9.17, 15) is 4.39 Å². The van der Waals surface area contributed by atoms with E-state index in [0.717, 1.165) is 12.8 Å². The Kier molecular flexibility index (Phi) is 3.03. The van der Waals surface area contributed by atoms with Crippen LogP contribution in [0.2, 0.25) is 0 Å². The van der Waals surface area contributed by atoms with Crippen LogP contribution in [0.25, 0.3) is 0 Å². The quantitative estimate of drug-likeness (QED) is 0.939. The summed E-state index contributed by atoms with van der Waals surface area (Å²) in [5, 5.41) is 6.94. The third-order valence-corrected chi connectivity index (χ3v) is 3.18. The van der Waals surface area contributed by atoms with Gasteiger partial charge in [-0.2, -0.15) is 4.98 Å². The molecule has 18 heavy (non-hydrogen) atoms. The highest BCUT2D eigenvalue weighted by atomic mass is 79.9. The maximum absolute atomic E-state index is 13.2. The van der Waals surface area contributed by atoms with E-state index in [2.05, 4.69) is 31.4 Å². The van der Waals surface area contributed by atoms with Crippen LogP contribution in [0.15, 0.2) is 27.2 Å². The Balaban J connectivity index is 1.65. The van der Waals surface area contributed by atoms with Crippen LogP contribution in [0.1, 0.15) is 30.5 Å². The van der Waals surface area contributed by atoms with Gasteiger partial charge in [-0.15, -0.1) is 0 Å². The topological polar surface area (TPSA) is 51.0 Å². The summed E-state index contributed by atoms with van der Waals surface area (Å²) in [7, 11) is 0. The van der Waals surface area contributed by atoms with Crippen molar-refractivity contribution in [3.05, 3.63) is 40.2 Å². The molecule has 1 saturated carbocycles. The summed E-state index contributed by atoms with van der Waals surface area (Å²) in [6, 6.07) is 4.63. The Bertz CT molecular complexity index is 548. The van der Waals surface area contributed by atoms with Gasteiger partial charge >= 0.3 is 0 Å². The molecule has 1 heterocycles. The standard InChI is InChI=1S/C12H11BrFN3O/c13-8-3-9(14)5-10(4-8)15-6-11-16-12(18-17-11)7-1-2-7/h3-5,7,15H,1-2,6H2. The predicted molar refractivity (Wildman–Crippen MR) is 67.7 cm³/mol. The molecule has 0 amide bonds. The molecular formula is C12H11BrFN3O. The number of hydrogen-bond donors (Lipinski definition) is 1. The van der Waals surface area contributed by atoms with Crippen molar-refractivity contribution in [2.45, 2.75) is 25.3 Å². The van der Waals surface area contributed by atoms with Crippen LogP contribution in [-0.2, 0) is 6.54 Å². The van der Waals surface area contributed by atoms with Gasteiger partial charge in [-0.05, 0) is 31.0 Å². The summed E-state index contributed by atoms with van der Waals surface area (Å²) < 4.78 is 19.0. The molecule has 6 heteroatoms. The summed E-state index contributed by atoms with van der Waals surface area (Å²) in [5.74, 6) is 1.47. The molecule has 4 nitrogen and oxygen atoms in total. The van der Waals surface area contributed by atoms with E-state index in [4.69, 9.17) is 4.52 Å². The number of nitrogens with one attached hydrogen (secondary N) is 1. The minimum Gasteiger partial charge on any atom is -0.377 e. The van der Waals surface area contributed by atoms with Gasteiger partial charge in [-0.25, -0.2) is 4.39 Å². The van der Waals surface area contributed by atoms with E-state index < -0.39 is 0 Å². The molecule has 0 bridgehead atoms. The third-order valence-electron chi connectivity index (χ3n) is 2.72. The normalized spacial score (nSPS) is 14.8. The number of benzene rings is 1. The average molecular weight is 312 g/mol. The van der Waals surface area contributed by atoms with Gasteiger partial charge in [-0.1, -0.05) is 21.1 Å². The second-order valence-corrected chi connectivity index (χ2v) is 5.25. The van der Waals surface area contributed by atoms with E-state index in [-0.39, 0.29) is 5.82 Å². The molecule has 1 aromatic carbocycles. The van der Waals surface area contributed by atoms with Gasteiger partial charge in [0.25, 0.3) is 0 Å². The smallest absolute Gasteiger partial charge is 0.229 e.